The van der Waals surface area contributed by atoms with E-state index < -0.39 is 0 Å². The molecule has 0 radical (unpaired) electrons. The number of ether oxygens (including phenoxy) is 1. The molecule has 0 heterocycles. The van der Waals surface area contributed by atoms with Crippen LogP contribution in [0.15, 0.2) is 0 Å². The molecule has 0 spiro atoms. The molecular formula is C15H26O2. The second kappa shape index (κ2) is 4.99. The summed E-state index contributed by atoms with van der Waals surface area (Å²) in [6.07, 6.45) is 8.78. The average Bonchev–Trinajstić information content (AvgIpc) is 2.73. The second-order valence-electron chi connectivity index (χ2n) is 6.47. The maximum absolute atomic E-state index is 12.1. The Morgan fingerprint density at radius 2 is 1.88 bits per heavy atom. The number of rotatable bonds is 3. The zero-order valence-corrected chi connectivity index (χ0v) is 11.5. The monoisotopic (exact) mass is 238 g/mol. The predicted octanol–water partition coefficient (Wildman–Crippen LogP) is 3.93. The van der Waals surface area contributed by atoms with E-state index in [-0.39, 0.29) is 17.5 Å². The van der Waals surface area contributed by atoms with Crippen molar-refractivity contribution < 1.29 is 9.53 Å². The van der Waals surface area contributed by atoms with Gasteiger partial charge in [0.2, 0.25) is 0 Å². The van der Waals surface area contributed by atoms with E-state index in [4.69, 9.17) is 4.74 Å². The maximum Gasteiger partial charge on any atom is 0.311 e. The molecule has 2 aliphatic carbocycles. The van der Waals surface area contributed by atoms with E-state index in [0.717, 1.165) is 18.8 Å². The lowest BCUT2D eigenvalue weighted by Gasteiger charge is -2.31. The lowest BCUT2D eigenvalue weighted by Crippen LogP contribution is -2.33. The van der Waals surface area contributed by atoms with Gasteiger partial charge in [0, 0.05) is 0 Å². The fraction of sp³-hybridized carbons (Fsp3) is 0.933. The number of carbonyl (C=O) groups is 1. The summed E-state index contributed by atoms with van der Waals surface area (Å²) in [7, 11) is 0. The van der Waals surface area contributed by atoms with E-state index in [9.17, 15) is 4.79 Å². The first kappa shape index (κ1) is 12.9. The molecule has 2 heteroatoms. The molecule has 0 aromatic rings. The Balaban J connectivity index is 1.93. The molecule has 98 valence electrons. The Labute approximate surface area is 105 Å². The van der Waals surface area contributed by atoms with Gasteiger partial charge in [0.25, 0.3) is 0 Å². The molecule has 0 saturated heterocycles. The van der Waals surface area contributed by atoms with Gasteiger partial charge in [0.1, 0.15) is 6.10 Å². The molecule has 0 aliphatic heterocycles. The lowest BCUT2D eigenvalue weighted by atomic mass is 9.81. The highest BCUT2D eigenvalue weighted by Crippen LogP contribution is 2.44. The third kappa shape index (κ3) is 2.66. The molecule has 0 N–H and O–H groups in total. The van der Waals surface area contributed by atoms with Crippen molar-refractivity contribution in [2.75, 3.05) is 0 Å². The Kier molecular flexibility index (Phi) is 3.79. The van der Waals surface area contributed by atoms with Gasteiger partial charge < -0.3 is 4.74 Å². The van der Waals surface area contributed by atoms with Crippen LogP contribution in [0.4, 0.5) is 0 Å². The summed E-state index contributed by atoms with van der Waals surface area (Å²) in [6.45, 7) is 6.03. The Morgan fingerprint density at radius 1 is 1.18 bits per heavy atom. The van der Waals surface area contributed by atoms with Crippen LogP contribution in [0.1, 0.15) is 65.7 Å². The van der Waals surface area contributed by atoms with Gasteiger partial charge in [0.15, 0.2) is 0 Å². The molecule has 0 bridgehead atoms. The second-order valence-corrected chi connectivity index (χ2v) is 6.47. The molecule has 3 atom stereocenters. The minimum absolute atomic E-state index is 0.0104. The largest absolute Gasteiger partial charge is 0.462 e. The van der Waals surface area contributed by atoms with Gasteiger partial charge in [-0.1, -0.05) is 26.2 Å². The van der Waals surface area contributed by atoms with Crippen LogP contribution in [0.3, 0.4) is 0 Å². The number of hydrogen-bond acceptors (Lipinski definition) is 2. The molecule has 2 saturated carbocycles. The summed E-state index contributed by atoms with van der Waals surface area (Å²) in [5, 5.41) is 0. The summed E-state index contributed by atoms with van der Waals surface area (Å²) in [5.74, 6) is 1.52. The SMILES string of the molecule is CCC(C)(C)C(=O)OC1CCC2CCCCC21. The Bertz CT molecular complexity index is 283. The van der Waals surface area contributed by atoms with E-state index in [1.54, 1.807) is 0 Å². The molecule has 0 amide bonds. The summed E-state index contributed by atoms with van der Waals surface area (Å²) in [5.41, 5.74) is -0.313. The van der Waals surface area contributed by atoms with Crippen LogP contribution in [-0.4, -0.2) is 12.1 Å². The molecule has 0 aromatic heterocycles. The fourth-order valence-corrected chi connectivity index (χ4v) is 3.26. The number of carbonyl (C=O) groups excluding carboxylic acids is 1. The molecule has 2 rings (SSSR count). The van der Waals surface area contributed by atoms with Crippen LogP contribution in [0.2, 0.25) is 0 Å². The first-order chi connectivity index (χ1) is 8.04. The molecule has 2 aliphatic rings. The minimum Gasteiger partial charge on any atom is -0.462 e. The zero-order chi connectivity index (χ0) is 12.5. The van der Waals surface area contributed by atoms with Crippen LogP contribution in [0.5, 0.6) is 0 Å². The minimum atomic E-state index is -0.313. The first-order valence-electron chi connectivity index (χ1n) is 7.25. The van der Waals surface area contributed by atoms with Crippen molar-refractivity contribution in [1.82, 2.24) is 0 Å². The van der Waals surface area contributed by atoms with Gasteiger partial charge in [-0.25, -0.2) is 0 Å². The molecule has 0 aromatic carbocycles. The third-order valence-electron chi connectivity index (χ3n) is 4.96. The first-order valence-corrected chi connectivity index (χ1v) is 7.25. The van der Waals surface area contributed by atoms with Crippen molar-refractivity contribution in [2.24, 2.45) is 17.3 Å². The van der Waals surface area contributed by atoms with Crippen LogP contribution < -0.4 is 0 Å². The number of esters is 1. The maximum atomic E-state index is 12.1. The van der Waals surface area contributed by atoms with Gasteiger partial charge in [-0.3, -0.25) is 4.79 Å². The summed E-state index contributed by atoms with van der Waals surface area (Å²) < 4.78 is 5.80. The third-order valence-corrected chi connectivity index (χ3v) is 4.96. The highest BCUT2D eigenvalue weighted by Gasteiger charge is 2.41. The van der Waals surface area contributed by atoms with Gasteiger partial charge in [0.05, 0.1) is 5.41 Å². The van der Waals surface area contributed by atoms with Crippen LogP contribution in [-0.2, 0) is 9.53 Å². The van der Waals surface area contributed by atoms with Crippen LogP contribution >= 0.6 is 0 Å². The standard InChI is InChI=1S/C15H26O2/c1-4-15(2,3)14(16)17-13-10-9-11-7-5-6-8-12(11)13/h11-13H,4-10H2,1-3H3. The quantitative estimate of drug-likeness (QED) is 0.696. The Morgan fingerprint density at radius 3 is 2.59 bits per heavy atom. The smallest absolute Gasteiger partial charge is 0.311 e. The van der Waals surface area contributed by atoms with Crippen molar-refractivity contribution in [1.29, 1.82) is 0 Å². The lowest BCUT2D eigenvalue weighted by molar-refractivity contribution is -0.162. The van der Waals surface area contributed by atoms with Crippen molar-refractivity contribution in [2.45, 2.75) is 71.8 Å². The van der Waals surface area contributed by atoms with E-state index >= 15 is 0 Å². The van der Waals surface area contributed by atoms with Crippen molar-refractivity contribution in [3.05, 3.63) is 0 Å². The number of hydrogen-bond donors (Lipinski definition) is 0. The summed E-state index contributed by atoms with van der Waals surface area (Å²) >= 11 is 0. The van der Waals surface area contributed by atoms with Crippen molar-refractivity contribution >= 4 is 5.97 Å². The van der Waals surface area contributed by atoms with Gasteiger partial charge in [-0.15, -0.1) is 0 Å². The topological polar surface area (TPSA) is 26.3 Å². The fourth-order valence-electron chi connectivity index (χ4n) is 3.26. The van der Waals surface area contributed by atoms with E-state index in [0.29, 0.717) is 5.92 Å². The highest BCUT2D eigenvalue weighted by molar-refractivity contribution is 5.76. The van der Waals surface area contributed by atoms with Crippen LogP contribution in [0, 0.1) is 17.3 Å². The molecule has 2 fully saturated rings. The van der Waals surface area contributed by atoms with Crippen molar-refractivity contribution in [3.63, 3.8) is 0 Å². The Hall–Kier alpha value is -0.530. The van der Waals surface area contributed by atoms with Crippen LogP contribution in [0.25, 0.3) is 0 Å². The van der Waals surface area contributed by atoms with Gasteiger partial charge in [-0.2, -0.15) is 0 Å². The van der Waals surface area contributed by atoms with Crippen molar-refractivity contribution in [3.8, 4) is 0 Å². The average molecular weight is 238 g/mol. The van der Waals surface area contributed by atoms with E-state index in [1.807, 2.05) is 13.8 Å². The normalized spacial score (nSPS) is 33.2. The molecular weight excluding hydrogens is 212 g/mol. The molecule has 17 heavy (non-hydrogen) atoms. The zero-order valence-electron chi connectivity index (χ0n) is 11.5. The molecule has 3 unspecified atom stereocenters. The van der Waals surface area contributed by atoms with E-state index in [2.05, 4.69) is 6.92 Å². The molecule has 2 nitrogen and oxygen atoms in total. The highest BCUT2D eigenvalue weighted by atomic mass is 16.5. The van der Waals surface area contributed by atoms with Gasteiger partial charge in [-0.05, 0) is 51.4 Å². The summed E-state index contributed by atoms with van der Waals surface area (Å²) in [6, 6.07) is 0. The number of fused-ring (bicyclic) bond motifs is 1. The van der Waals surface area contributed by atoms with E-state index in [1.165, 1.54) is 32.1 Å². The predicted molar refractivity (Wildman–Crippen MR) is 68.6 cm³/mol. The summed E-state index contributed by atoms with van der Waals surface area (Å²) in [4.78, 5) is 12.1. The van der Waals surface area contributed by atoms with Gasteiger partial charge >= 0.3 is 5.97 Å².